The lowest BCUT2D eigenvalue weighted by molar-refractivity contribution is -0.275. The zero-order valence-electron chi connectivity index (χ0n) is 8.66. The highest BCUT2D eigenvalue weighted by Gasteiger charge is 2.32. The molecule has 0 aliphatic carbocycles. The Morgan fingerprint density at radius 1 is 1.44 bits per heavy atom. The van der Waals surface area contributed by atoms with E-state index in [0.29, 0.717) is 0 Å². The Morgan fingerprint density at radius 3 is 2.67 bits per heavy atom. The standard InChI is InChI=1S/C9H7F4N3O2/c10-6-2-1-5(4-15-16-8(14)17)3-7(6)18-9(11,12)13/h1-4H,(H3,14,16,17). The number of alkyl halides is 3. The van der Waals surface area contributed by atoms with E-state index in [1.54, 1.807) is 0 Å². The van der Waals surface area contributed by atoms with Gasteiger partial charge in [0.2, 0.25) is 0 Å². The number of hydrazone groups is 1. The number of nitrogens with zero attached hydrogens (tertiary/aromatic N) is 1. The second kappa shape index (κ2) is 5.34. The molecule has 0 atom stereocenters. The van der Waals surface area contributed by atoms with Gasteiger partial charge in [0.15, 0.2) is 11.6 Å². The highest BCUT2D eigenvalue weighted by molar-refractivity contribution is 5.81. The van der Waals surface area contributed by atoms with Crippen molar-refractivity contribution in [3.8, 4) is 5.75 Å². The van der Waals surface area contributed by atoms with Gasteiger partial charge in [0.1, 0.15) is 0 Å². The lowest BCUT2D eigenvalue weighted by atomic mass is 10.2. The maximum absolute atomic E-state index is 13.0. The summed E-state index contributed by atoms with van der Waals surface area (Å²) < 4.78 is 52.2. The number of halogens is 4. The molecular weight excluding hydrogens is 258 g/mol. The molecule has 0 aromatic heterocycles. The van der Waals surface area contributed by atoms with Crippen molar-refractivity contribution in [2.24, 2.45) is 10.8 Å². The smallest absolute Gasteiger partial charge is 0.403 e. The van der Waals surface area contributed by atoms with Crippen molar-refractivity contribution in [1.82, 2.24) is 5.43 Å². The van der Waals surface area contributed by atoms with Crippen LogP contribution < -0.4 is 15.9 Å². The van der Waals surface area contributed by atoms with Crippen LogP contribution >= 0.6 is 0 Å². The molecule has 0 aliphatic rings. The Kier molecular flexibility index (Phi) is 4.08. The number of amides is 2. The molecule has 0 aliphatic heterocycles. The molecule has 0 radical (unpaired) electrons. The van der Waals surface area contributed by atoms with E-state index in [9.17, 15) is 22.4 Å². The minimum Gasteiger partial charge on any atom is -0.403 e. The predicted octanol–water partition coefficient (Wildman–Crippen LogP) is 1.73. The Balaban J connectivity index is 2.87. The maximum atomic E-state index is 13.0. The topological polar surface area (TPSA) is 76.7 Å². The van der Waals surface area contributed by atoms with Crippen LogP contribution in [0.1, 0.15) is 5.56 Å². The molecular formula is C9H7F4N3O2. The molecule has 9 heteroatoms. The molecule has 1 aromatic carbocycles. The summed E-state index contributed by atoms with van der Waals surface area (Å²) in [5.74, 6) is -2.17. The fourth-order valence-corrected chi connectivity index (χ4v) is 0.974. The fourth-order valence-electron chi connectivity index (χ4n) is 0.974. The van der Waals surface area contributed by atoms with Gasteiger partial charge < -0.3 is 10.5 Å². The van der Waals surface area contributed by atoms with Crippen molar-refractivity contribution in [3.63, 3.8) is 0 Å². The average molecular weight is 265 g/mol. The molecule has 0 saturated carbocycles. The van der Waals surface area contributed by atoms with Crippen LogP contribution in [0.25, 0.3) is 0 Å². The molecule has 0 spiro atoms. The van der Waals surface area contributed by atoms with E-state index >= 15 is 0 Å². The van der Waals surface area contributed by atoms with Gasteiger partial charge >= 0.3 is 12.4 Å². The van der Waals surface area contributed by atoms with Crippen molar-refractivity contribution in [2.45, 2.75) is 6.36 Å². The molecule has 0 fully saturated rings. The second-order valence-corrected chi connectivity index (χ2v) is 2.97. The first-order chi connectivity index (χ1) is 8.28. The number of carbonyl (C=O) groups excluding carboxylic acids is 1. The van der Waals surface area contributed by atoms with E-state index in [2.05, 4.69) is 9.84 Å². The molecule has 0 bridgehead atoms. The number of urea groups is 1. The number of nitrogens with two attached hydrogens (primary N) is 1. The molecule has 5 nitrogen and oxygen atoms in total. The van der Waals surface area contributed by atoms with Crippen LogP contribution in [-0.2, 0) is 0 Å². The number of ether oxygens (including phenoxy) is 1. The molecule has 18 heavy (non-hydrogen) atoms. The number of hydrogen-bond acceptors (Lipinski definition) is 3. The SMILES string of the molecule is NC(=O)NN=Cc1ccc(F)c(OC(F)(F)F)c1. The second-order valence-electron chi connectivity index (χ2n) is 2.97. The highest BCUT2D eigenvalue weighted by Crippen LogP contribution is 2.25. The summed E-state index contributed by atoms with van der Waals surface area (Å²) in [5.41, 5.74) is 6.61. The first-order valence-electron chi connectivity index (χ1n) is 4.42. The molecule has 1 aromatic rings. The Hall–Kier alpha value is -2.32. The summed E-state index contributed by atoms with van der Waals surface area (Å²) in [4.78, 5) is 10.3. The van der Waals surface area contributed by atoms with Gasteiger partial charge in [-0.2, -0.15) is 5.10 Å². The molecule has 0 heterocycles. The molecule has 1 rings (SSSR count). The third-order valence-electron chi connectivity index (χ3n) is 1.57. The third-order valence-corrected chi connectivity index (χ3v) is 1.57. The van der Waals surface area contributed by atoms with Crippen LogP contribution in [-0.4, -0.2) is 18.6 Å². The number of carbonyl (C=O) groups is 1. The minimum atomic E-state index is -5.00. The first-order valence-corrected chi connectivity index (χ1v) is 4.42. The van der Waals surface area contributed by atoms with E-state index in [4.69, 9.17) is 5.73 Å². The molecule has 0 unspecified atom stereocenters. The van der Waals surface area contributed by atoms with Crippen LogP contribution in [0.15, 0.2) is 23.3 Å². The van der Waals surface area contributed by atoms with Gasteiger partial charge in [-0.3, -0.25) is 0 Å². The number of primary amides is 1. The zero-order chi connectivity index (χ0) is 13.8. The number of rotatable bonds is 3. The monoisotopic (exact) mass is 265 g/mol. The van der Waals surface area contributed by atoms with Gasteiger partial charge in [0, 0.05) is 0 Å². The van der Waals surface area contributed by atoms with E-state index in [1.165, 1.54) is 0 Å². The first kappa shape index (κ1) is 13.7. The van der Waals surface area contributed by atoms with Gasteiger partial charge in [-0.1, -0.05) is 6.07 Å². The number of benzene rings is 1. The van der Waals surface area contributed by atoms with Crippen LogP contribution in [0, 0.1) is 5.82 Å². The lowest BCUT2D eigenvalue weighted by Crippen LogP contribution is -2.24. The van der Waals surface area contributed by atoms with Crippen LogP contribution in [0.2, 0.25) is 0 Å². The van der Waals surface area contributed by atoms with E-state index in [0.717, 1.165) is 24.4 Å². The van der Waals surface area contributed by atoms with Gasteiger partial charge in [0.05, 0.1) is 6.21 Å². The highest BCUT2D eigenvalue weighted by atomic mass is 19.4. The van der Waals surface area contributed by atoms with Crippen LogP contribution in [0.4, 0.5) is 22.4 Å². The molecule has 98 valence electrons. The van der Waals surface area contributed by atoms with Crippen molar-refractivity contribution in [1.29, 1.82) is 0 Å². The third kappa shape index (κ3) is 4.68. The van der Waals surface area contributed by atoms with Crippen molar-refractivity contribution in [3.05, 3.63) is 29.6 Å². The van der Waals surface area contributed by atoms with Crippen molar-refractivity contribution in [2.75, 3.05) is 0 Å². The maximum Gasteiger partial charge on any atom is 0.573 e. The summed E-state index contributed by atoms with van der Waals surface area (Å²) >= 11 is 0. The largest absolute Gasteiger partial charge is 0.573 e. The summed E-state index contributed by atoms with van der Waals surface area (Å²) in [6.07, 6.45) is -4.02. The number of hydrogen-bond donors (Lipinski definition) is 2. The summed E-state index contributed by atoms with van der Waals surface area (Å²) in [6.45, 7) is 0. The normalized spacial score (nSPS) is 11.6. The van der Waals surface area contributed by atoms with Crippen molar-refractivity contribution < 1.29 is 27.1 Å². The van der Waals surface area contributed by atoms with Crippen LogP contribution in [0.5, 0.6) is 5.75 Å². The van der Waals surface area contributed by atoms with Gasteiger partial charge in [-0.15, -0.1) is 13.2 Å². The lowest BCUT2D eigenvalue weighted by Gasteiger charge is -2.09. The number of nitrogens with one attached hydrogen (secondary N) is 1. The Bertz CT molecular complexity index is 473. The fraction of sp³-hybridized carbons (Fsp3) is 0.111. The van der Waals surface area contributed by atoms with E-state index in [1.807, 2.05) is 5.43 Å². The van der Waals surface area contributed by atoms with Gasteiger partial charge in [-0.25, -0.2) is 14.6 Å². The zero-order valence-corrected chi connectivity index (χ0v) is 8.66. The molecule has 2 amide bonds. The van der Waals surface area contributed by atoms with Crippen LogP contribution in [0.3, 0.4) is 0 Å². The van der Waals surface area contributed by atoms with Gasteiger partial charge in [-0.05, 0) is 17.7 Å². The molecule has 3 N–H and O–H groups in total. The predicted molar refractivity (Wildman–Crippen MR) is 53.4 cm³/mol. The quantitative estimate of drug-likeness (QED) is 0.496. The van der Waals surface area contributed by atoms with Crippen molar-refractivity contribution >= 4 is 12.2 Å². The summed E-state index contributed by atoms with van der Waals surface area (Å²) in [7, 11) is 0. The Morgan fingerprint density at radius 2 is 2.11 bits per heavy atom. The average Bonchev–Trinajstić information content (AvgIpc) is 2.20. The summed E-state index contributed by atoms with van der Waals surface area (Å²) in [6, 6.07) is 1.74. The molecule has 0 saturated heterocycles. The van der Waals surface area contributed by atoms with Gasteiger partial charge in [0.25, 0.3) is 0 Å². The van der Waals surface area contributed by atoms with E-state index in [-0.39, 0.29) is 5.56 Å². The minimum absolute atomic E-state index is 0.0874. The Labute approximate surface area is 98.2 Å². The summed E-state index contributed by atoms with van der Waals surface area (Å²) in [5, 5.41) is 3.30. The van der Waals surface area contributed by atoms with E-state index < -0.39 is 24.0 Å².